The Morgan fingerprint density at radius 2 is 2.44 bits per heavy atom. The minimum absolute atomic E-state index is 0.774. The van der Waals surface area contributed by atoms with Crippen molar-refractivity contribution in [1.82, 2.24) is 4.98 Å². The first-order valence-corrected chi connectivity index (χ1v) is 7.51. The van der Waals surface area contributed by atoms with Gasteiger partial charge in [0.25, 0.3) is 0 Å². The van der Waals surface area contributed by atoms with Crippen molar-refractivity contribution in [3.63, 3.8) is 0 Å². The van der Waals surface area contributed by atoms with Crippen LogP contribution in [0.4, 0.5) is 5.82 Å². The highest BCUT2D eigenvalue weighted by atomic mass is 79.9. The molecule has 0 saturated carbocycles. The normalized spacial score (nSPS) is 20.8. The molecule has 0 radical (unpaired) electrons. The third-order valence-corrected chi connectivity index (χ3v) is 4.96. The second-order valence-corrected chi connectivity index (χ2v) is 5.82. The van der Waals surface area contributed by atoms with Crippen LogP contribution >= 0.6 is 27.3 Å². The molecule has 0 aromatic carbocycles. The Morgan fingerprint density at radius 1 is 1.50 bits per heavy atom. The number of hydrogen-bond acceptors (Lipinski definition) is 3. The Bertz CT molecular complexity index is 496. The summed E-state index contributed by atoms with van der Waals surface area (Å²) in [4.78, 5) is 6.96. The first-order valence-electron chi connectivity index (χ1n) is 5.51. The minimum atomic E-state index is 0.774. The van der Waals surface area contributed by atoms with Gasteiger partial charge < -0.3 is 4.90 Å². The topological polar surface area (TPSA) is 16.1 Å². The van der Waals surface area contributed by atoms with Crippen molar-refractivity contribution in [3.05, 3.63) is 23.7 Å². The van der Waals surface area contributed by atoms with Gasteiger partial charge in [0.05, 0.1) is 0 Å². The number of rotatable bonds is 2. The molecule has 2 nitrogen and oxygen atoms in total. The van der Waals surface area contributed by atoms with E-state index < -0.39 is 0 Å². The second kappa shape index (κ2) is 4.34. The number of pyridine rings is 1. The van der Waals surface area contributed by atoms with Gasteiger partial charge >= 0.3 is 0 Å². The molecule has 3 rings (SSSR count). The molecule has 0 aliphatic carbocycles. The average Bonchev–Trinajstić information content (AvgIpc) is 2.97. The van der Waals surface area contributed by atoms with Gasteiger partial charge in [-0.3, -0.25) is 0 Å². The maximum absolute atomic E-state index is 4.55. The van der Waals surface area contributed by atoms with Crippen LogP contribution in [0.25, 0.3) is 10.1 Å². The molecule has 0 amide bonds. The van der Waals surface area contributed by atoms with Crippen molar-refractivity contribution in [2.24, 2.45) is 5.92 Å². The molecule has 1 unspecified atom stereocenters. The molecule has 2 aromatic rings. The van der Waals surface area contributed by atoms with E-state index in [9.17, 15) is 0 Å². The number of hydrogen-bond donors (Lipinski definition) is 0. The Morgan fingerprint density at radius 3 is 3.25 bits per heavy atom. The largest absolute Gasteiger partial charge is 0.356 e. The Balaban J connectivity index is 1.97. The van der Waals surface area contributed by atoms with Crippen molar-refractivity contribution in [2.45, 2.75) is 6.42 Å². The second-order valence-electron chi connectivity index (χ2n) is 4.22. The highest BCUT2D eigenvalue weighted by Crippen LogP contribution is 2.31. The van der Waals surface area contributed by atoms with E-state index in [1.165, 1.54) is 22.3 Å². The predicted molar refractivity (Wildman–Crippen MR) is 73.7 cm³/mol. The van der Waals surface area contributed by atoms with Crippen LogP contribution in [0.2, 0.25) is 0 Å². The summed E-state index contributed by atoms with van der Waals surface area (Å²) in [6, 6.07) is 4.28. The van der Waals surface area contributed by atoms with Gasteiger partial charge in [-0.1, -0.05) is 15.9 Å². The molecule has 1 fully saturated rings. The zero-order valence-electron chi connectivity index (χ0n) is 8.90. The number of halogens is 1. The lowest BCUT2D eigenvalue weighted by Gasteiger charge is -2.17. The molecule has 4 heteroatoms. The molecule has 84 valence electrons. The van der Waals surface area contributed by atoms with Crippen LogP contribution in [0.15, 0.2) is 23.7 Å². The number of alkyl halides is 1. The van der Waals surface area contributed by atoms with Crippen molar-refractivity contribution >= 4 is 43.2 Å². The molecular weight excluding hydrogens is 284 g/mol. The van der Waals surface area contributed by atoms with Crippen molar-refractivity contribution in [2.75, 3.05) is 23.3 Å². The third-order valence-electron chi connectivity index (χ3n) is 3.16. The van der Waals surface area contributed by atoms with Gasteiger partial charge in [-0.05, 0) is 29.9 Å². The van der Waals surface area contributed by atoms with Crippen LogP contribution < -0.4 is 4.90 Å². The van der Waals surface area contributed by atoms with E-state index in [-0.39, 0.29) is 0 Å². The smallest absolute Gasteiger partial charge is 0.137 e. The van der Waals surface area contributed by atoms with Crippen LogP contribution in [0.1, 0.15) is 6.42 Å². The lowest BCUT2D eigenvalue weighted by Crippen LogP contribution is -2.21. The number of anilines is 1. The van der Waals surface area contributed by atoms with Gasteiger partial charge in [-0.15, -0.1) is 11.3 Å². The summed E-state index contributed by atoms with van der Waals surface area (Å²) in [5, 5.41) is 4.56. The van der Waals surface area contributed by atoms with E-state index in [1.807, 2.05) is 6.20 Å². The lowest BCUT2D eigenvalue weighted by molar-refractivity contribution is 0.675. The van der Waals surface area contributed by atoms with Gasteiger partial charge in [0.15, 0.2) is 0 Å². The Labute approximate surface area is 107 Å². The van der Waals surface area contributed by atoms with E-state index in [0.717, 1.165) is 24.3 Å². The monoisotopic (exact) mass is 296 g/mol. The number of fused-ring (bicyclic) bond motifs is 1. The summed E-state index contributed by atoms with van der Waals surface area (Å²) in [5.74, 6) is 1.94. The molecule has 0 bridgehead atoms. The van der Waals surface area contributed by atoms with Crippen LogP contribution in [0, 0.1) is 5.92 Å². The predicted octanol–water partition coefficient (Wildman–Crippen LogP) is 3.52. The molecule has 2 aromatic heterocycles. The van der Waals surface area contributed by atoms with E-state index in [4.69, 9.17) is 0 Å². The summed E-state index contributed by atoms with van der Waals surface area (Å²) in [5.41, 5.74) is 0. The summed E-state index contributed by atoms with van der Waals surface area (Å²) in [6.07, 6.45) is 3.20. The van der Waals surface area contributed by atoms with E-state index in [2.05, 4.69) is 43.3 Å². The molecule has 0 spiro atoms. The van der Waals surface area contributed by atoms with Crippen LogP contribution in [-0.4, -0.2) is 23.4 Å². The standard InChI is InChI=1S/C12H13BrN2S/c13-7-9-2-5-15(8-9)12-10-3-6-16-11(10)1-4-14-12/h1,3-4,6,9H,2,5,7-8H2. The van der Waals surface area contributed by atoms with Crippen LogP contribution in [-0.2, 0) is 0 Å². The maximum atomic E-state index is 4.55. The molecule has 3 heterocycles. The minimum Gasteiger partial charge on any atom is -0.356 e. The molecular formula is C12H13BrN2S. The van der Waals surface area contributed by atoms with Crippen molar-refractivity contribution in [3.8, 4) is 0 Å². The van der Waals surface area contributed by atoms with Gasteiger partial charge in [0.1, 0.15) is 5.82 Å². The van der Waals surface area contributed by atoms with Crippen molar-refractivity contribution in [1.29, 1.82) is 0 Å². The summed E-state index contributed by atoms with van der Waals surface area (Å²) >= 11 is 5.36. The zero-order chi connectivity index (χ0) is 11.0. The Hall–Kier alpha value is -0.610. The number of thiophene rings is 1. The molecule has 16 heavy (non-hydrogen) atoms. The van der Waals surface area contributed by atoms with Crippen LogP contribution in [0.5, 0.6) is 0 Å². The highest BCUT2D eigenvalue weighted by molar-refractivity contribution is 9.09. The van der Waals surface area contributed by atoms with Gasteiger partial charge in [-0.2, -0.15) is 0 Å². The first-order chi connectivity index (χ1) is 7.88. The maximum Gasteiger partial charge on any atom is 0.137 e. The fourth-order valence-corrected chi connectivity index (χ4v) is 3.59. The summed E-state index contributed by atoms with van der Waals surface area (Å²) in [6.45, 7) is 2.27. The van der Waals surface area contributed by atoms with Gasteiger partial charge in [0.2, 0.25) is 0 Å². The number of aromatic nitrogens is 1. The van der Waals surface area contributed by atoms with Crippen LogP contribution in [0.3, 0.4) is 0 Å². The quantitative estimate of drug-likeness (QED) is 0.789. The van der Waals surface area contributed by atoms with E-state index in [1.54, 1.807) is 11.3 Å². The van der Waals surface area contributed by atoms with Crippen molar-refractivity contribution < 1.29 is 0 Å². The highest BCUT2D eigenvalue weighted by Gasteiger charge is 2.23. The van der Waals surface area contributed by atoms with Gasteiger partial charge in [0, 0.05) is 34.7 Å². The lowest BCUT2D eigenvalue weighted by atomic mass is 10.2. The first kappa shape index (κ1) is 10.5. The van der Waals surface area contributed by atoms with E-state index >= 15 is 0 Å². The molecule has 0 N–H and O–H groups in total. The fourth-order valence-electron chi connectivity index (χ4n) is 2.28. The molecule has 1 saturated heterocycles. The fraction of sp³-hybridized carbons (Fsp3) is 0.417. The SMILES string of the molecule is BrCC1CCN(c2nccc3sccc23)C1. The zero-order valence-corrected chi connectivity index (χ0v) is 11.3. The summed E-state index contributed by atoms with van der Waals surface area (Å²) in [7, 11) is 0. The summed E-state index contributed by atoms with van der Waals surface area (Å²) < 4.78 is 1.34. The average molecular weight is 297 g/mol. The number of nitrogens with zero attached hydrogens (tertiary/aromatic N) is 2. The molecule has 1 aliphatic heterocycles. The van der Waals surface area contributed by atoms with Gasteiger partial charge in [-0.25, -0.2) is 4.98 Å². The van der Waals surface area contributed by atoms with E-state index in [0.29, 0.717) is 0 Å². The molecule has 1 aliphatic rings. The third kappa shape index (κ3) is 1.74. The molecule has 1 atom stereocenters. The Kier molecular flexibility index (Phi) is 2.86.